The maximum absolute atomic E-state index is 5.57. The summed E-state index contributed by atoms with van der Waals surface area (Å²) in [6.07, 6.45) is 2.48. The third kappa shape index (κ3) is 3.57. The summed E-state index contributed by atoms with van der Waals surface area (Å²) >= 11 is 1.41. The number of nitrogens with two attached hydrogens (primary N) is 1. The zero-order valence-electron chi connectivity index (χ0n) is 8.49. The van der Waals surface area contributed by atoms with Gasteiger partial charge in [0.15, 0.2) is 0 Å². The number of rotatable bonds is 6. The van der Waals surface area contributed by atoms with Gasteiger partial charge in [-0.05, 0) is 13.3 Å². The minimum atomic E-state index is 0.276. The van der Waals surface area contributed by atoms with Crippen LogP contribution in [0.3, 0.4) is 0 Å². The number of hydrazine groups is 1. The van der Waals surface area contributed by atoms with Crippen molar-refractivity contribution >= 4 is 16.5 Å². The van der Waals surface area contributed by atoms with Gasteiger partial charge in [0.1, 0.15) is 11.6 Å². The molecule has 1 unspecified atom stereocenters. The van der Waals surface area contributed by atoms with Gasteiger partial charge in [0, 0.05) is 0 Å². The fourth-order valence-corrected chi connectivity index (χ4v) is 1.65. The lowest BCUT2D eigenvalue weighted by atomic mass is 10.2. The topological polar surface area (TPSA) is 73.1 Å². The molecule has 6 heteroatoms. The molecule has 1 atom stereocenters. The van der Waals surface area contributed by atoms with Crippen LogP contribution < -0.4 is 11.3 Å². The molecule has 0 saturated heterocycles. The summed E-state index contributed by atoms with van der Waals surface area (Å²) < 4.78 is 5.57. The lowest BCUT2D eigenvalue weighted by Gasteiger charge is -2.09. The van der Waals surface area contributed by atoms with Gasteiger partial charge < -0.3 is 4.74 Å². The second kappa shape index (κ2) is 5.90. The number of hydrogen-bond donors (Lipinski definition) is 2. The van der Waals surface area contributed by atoms with E-state index in [2.05, 4.69) is 29.5 Å². The average Bonchev–Trinajstić information content (AvgIpc) is 2.63. The van der Waals surface area contributed by atoms with Gasteiger partial charge in [0.2, 0.25) is 5.13 Å². The van der Waals surface area contributed by atoms with Crippen molar-refractivity contribution in [3.8, 4) is 0 Å². The molecule has 0 aliphatic rings. The Bertz CT molecular complexity index is 266. The van der Waals surface area contributed by atoms with E-state index in [9.17, 15) is 0 Å². The predicted octanol–water partition coefficient (Wildman–Crippen LogP) is 1.53. The first-order valence-corrected chi connectivity index (χ1v) is 5.48. The van der Waals surface area contributed by atoms with Crippen LogP contribution in [0.4, 0.5) is 5.13 Å². The minimum absolute atomic E-state index is 0.276. The molecule has 1 aromatic rings. The number of ether oxygens (including phenoxy) is 1. The second-order valence-corrected chi connectivity index (χ2v) is 4.12. The molecule has 5 nitrogen and oxygen atoms in total. The summed E-state index contributed by atoms with van der Waals surface area (Å²) in [5.74, 6) is 5.18. The summed E-state index contributed by atoms with van der Waals surface area (Å²) in [7, 11) is 0. The Morgan fingerprint density at radius 1 is 1.57 bits per heavy atom. The molecule has 0 bridgehead atoms. The van der Waals surface area contributed by atoms with E-state index < -0.39 is 0 Å². The third-order valence-corrected chi connectivity index (χ3v) is 2.60. The van der Waals surface area contributed by atoms with Crippen molar-refractivity contribution < 1.29 is 4.74 Å². The number of nitrogen functional groups attached to an aromatic ring is 1. The highest BCUT2D eigenvalue weighted by molar-refractivity contribution is 7.15. The monoisotopic (exact) mass is 216 g/mol. The highest BCUT2D eigenvalue weighted by Crippen LogP contribution is 2.15. The molecule has 0 aliphatic heterocycles. The highest BCUT2D eigenvalue weighted by Gasteiger charge is 2.05. The standard InChI is InChI=1S/C8H16N4OS/c1-3-4-6(2)13-5-7-11-12-8(10-9)14-7/h6H,3-5,9H2,1-2H3,(H,10,12). The SMILES string of the molecule is CCCC(C)OCc1nnc(NN)s1. The van der Waals surface area contributed by atoms with Gasteiger partial charge in [-0.2, -0.15) is 0 Å². The summed E-state index contributed by atoms with van der Waals surface area (Å²) in [4.78, 5) is 0. The second-order valence-electron chi connectivity index (χ2n) is 3.06. The molecule has 0 spiro atoms. The molecule has 0 amide bonds. The van der Waals surface area contributed by atoms with Crippen molar-refractivity contribution in [1.29, 1.82) is 0 Å². The lowest BCUT2D eigenvalue weighted by Crippen LogP contribution is -2.07. The third-order valence-electron chi connectivity index (χ3n) is 1.78. The normalized spacial score (nSPS) is 12.8. The van der Waals surface area contributed by atoms with Gasteiger partial charge in [-0.1, -0.05) is 24.7 Å². The molecule has 14 heavy (non-hydrogen) atoms. The largest absolute Gasteiger partial charge is 0.371 e. The molecule has 0 fully saturated rings. The average molecular weight is 216 g/mol. The number of anilines is 1. The Morgan fingerprint density at radius 3 is 2.93 bits per heavy atom. The first-order chi connectivity index (χ1) is 6.76. The van der Waals surface area contributed by atoms with E-state index in [1.54, 1.807) is 0 Å². The Hall–Kier alpha value is -0.720. The predicted molar refractivity (Wildman–Crippen MR) is 56.9 cm³/mol. The molecular weight excluding hydrogens is 200 g/mol. The van der Waals surface area contributed by atoms with Crippen LogP contribution in [0.1, 0.15) is 31.7 Å². The molecule has 1 heterocycles. The Labute approximate surface area is 87.6 Å². The van der Waals surface area contributed by atoms with Gasteiger partial charge >= 0.3 is 0 Å². The minimum Gasteiger partial charge on any atom is -0.371 e. The quantitative estimate of drug-likeness (QED) is 0.557. The van der Waals surface area contributed by atoms with Crippen LogP contribution >= 0.6 is 11.3 Å². The maximum Gasteiger partial charge on any atom is 0.219 e. The van der Waals surface area contributed by atoms with Crippen LogP contribution in [-0.4, -0.2) is 16.3 Å². The van der Waals surface area contributed by atoms with E-state index in [1.165, 1.54) is 11.3 Å². The molecule has 0 aliphatic carbocycles. The van der Waals surface area contributed by atoms with Gasteiger partial charge in [0.05, 0.1) is 6.10 Å². The number of nitrogens with one attached hydrogen (secondary N) is 1. The Balaban J connectivity index is 2.30. The van der Waals surface area contributed by atoms with Crippen LogP contribution in [0, 0.1) is 0 Å². The van der Waals surface area contributed by atoms with E-state index >= 15 is 0 Å². The summed E-state index contributed by atoms with van der Waals surface area (Å²) in [6.45, 7) is 4.72. The number of hydrogen-bond acceptors (Lipinski definition) is 6. The van der Waals surface area contributed by atoms with E-state index in [1.807, 2.05) is 0 Å². The Kier molecular flexibility index (Phi) is 4.78. The van der Waals surface area contributed by atoms with Gasteiger partial charge in [0.25, 0.3) is 0 Å². The van der Waals surface area contributed by atoms with Crippen molar-refractivity contribution in [3.63, 3.8) is 0 Å². The smallest absolute Gasteiger partial charge is 0.219 e. The molecule has 0 aromatic carbocycles. The van der Waals surface area contributed by atoms with Crippen LogP contribution in [0.2, 0.25) is 0 Å². The number of aromatic nitrogens is 2. The molecular formula is C8H16N4OS. The summed E-state index contributed by atoms with van der Waals surface area (Å²) in [5, 5.41) is 9.20. The van der Waals surface area contributed by atoms with E-state index in [4.69, 9.17) is 10.6 Å². The molecule has 1 rings (SSSR count). The molecule has 0 saturated carbocycles. The molecule has 1 aromatic heterocycles. The number of nitrogens with zero attached hydrogens (tertiary/aromatic N) is 2. The van der Waals surface area contributed by atoms with Crippen molar-refractivity contribution in [1.82, 2.24) is 10.2 Å². The highest BCUT2D eigenvalue weighted by atomic mass is 32.1. The zero-order chi connectivity index (χ0) is 10.4. The molecule has 3 N–H and O–H groups in total. The van der Waals surface area contributed by atoms with E-state index in [0.29, 0.717) is 11.7 Å². The van der Waals surface area contributed by atoms with E-state index in [-0.39, 0.29) is 6.10 Å². The summed E-state index contributed by atoms with van der Waals surface area (Å²) in [6, 6.07) is 0. The van der Waals surface area contributed by atoms with Gasteiger partial charge in [-0.15, -0.1) is 10.2 Å². The Morgan fingerprint density at radius 2 is 2.36 bits per heavy atom. The van der Waals surface area contributed by atoms with E-state index in [0.717, 1.165) is 17.8 Å². The van der Waals surface area contributed by atoms with Crippen molar-refractivity contribution in [3.05, 3.63) is 5.01 Å². The first-order valence-electron chi connectivity index (χ1n) is 4.66. The van der Waals surface area contributed by atoms with Gasteiger partial charge in [-0.25, -0.2) is 5.84 Å². The zero-order valence-corrected chi connectivity index (χ0v) is 9.30. The fourth-order valence-electron chi connectivity index (χ4n) is 1.07. The van der Waals surface area contributed by atoms with Crippen LogP contribution in [-0.2, 0) is 11.3 Å². The van der Waals surface area contributed by atoms with Crippen LogP contribution in [0.25, 0.3) is 0 Å². The molecule has 0 radical (unpaired) electrons. The van der Waals surface area contributed by atoms with Crippen LogP contribution in [0.5, 0.6) is 0 Å². The van der Waals surface area contributed by atoms with Crippen molar-refractivity contribution in [2.75, 3.05) is 5.43 Å². The lowest BCUT2D eigenvalue weighted by molar-refractivity contribution is 0.0468. The molecule has 80 valence electrons. The summed E-state index contributed by atoms with van der Waals surface area (Å²) in [5.41, 5.74) is 2.45. The van der Waals surface area contributed by atoms with Gasteiger partial charge in [-0.3, -0.25) is 5.43 Å². The first kappa shape index (κ1) is 11.4. The maximum atomic E-state index is 5.57. The fraction of sp³-hybridized carbons (Fsp3) is 0.750. The van der Waals surface area contributed by atoms with Crippen LogP contribution in [0.15, 0.2) is 0 Å². The van der Waals surface area contributed by atoms with Crippen molar-refractivity contribution in [2.45, 2.75) is 39.4 Å². The van der Waals surface area contributed by atoms with Crippen molar-refractivity contribution in [2.24, 2.45) is 5.84 Å².